The number of hydrogen-bond acceptors (Lipinski definition) is 3. The van der Waals surface area contributed by atoms with E-state index >= 15 is 0 Å². The Morgan fingerprint density at radius 1 is 1.58 bits per heavy atom. The Kier molecular flexibility index (Phi) is 5.66. The van der Waals surface area contributed by atoms with Gasteiger partial charge in [0.1, 0.15) is 0 Å². The van der Waals surface area contributed by atoms with Crippen molar-refractivity contribution in [1.29, 1.82) is 0 Å². The summed E-state index contributed by atoms with van der Waals surface area (Å²) in [7, 11) is 1.78. The maximum atomic E-state index is 6.05. The van der Waals surface area contributed by atoms with E-state index in [0.717, 1.165) is 35.4 Å². The van der Waals surface area contributed by atoms with E-state index in [1.165, 1.54) is 5.56 Å². The number of halogens is 2. The van der Waals surface area contributed by atoms with Gasteiger partial charge in [0.05, 0.1) is 11.1 Å². The standard InChI is InChI=1S/C14H20BrClN2O/c1-19-11-3-2-6-18(9-11)14(8-17)10-4-5-13(16)12(15)7-10/h4-5,7,11,14H,2-3,6,8-9,17H2,1H3. The van der Waals surface area contributed by atoms with Crippen molar-refractivity contribution in [2.24, 2.45) is 5.73 Å². The van der Waals surface area contributed by atoms with Crippen LogP contribution in [-0.2, 0) is 4.74 Å². The molecule has 5 heteroatoms. The van der Waals surface area contributed by atoms with Gasteiger partial charge in [-0.15, -0.1) is 0 Å². The van der Waals surface area contributed by atoms with Crippen LogP contribution in [-0.4, -0.2) is 37.7 Å². The number of benzene rings is 1. The third kappa shape index (κ3) is 3.70. The monoisotopic (exact) mass is 346 g/mol. The highest BCUT2D eigenvalue weighted by atomic mass is 79.9. The van der Waals surface area contributed by atoms with Crippen molar-refractivity contribution in [3.63, 3.8) is 0 Å². The lowest BCUT2D eigenvalue weighted by molar-refractivity contribution is 0.0155. The van der Waals surface area contributed by atoms with E-state index in [2.05, 4.69) is 33.0 Å². The Morgan fingerprint density at radius 2 is 2.37 bits per heavy atom. The van der Waals surface area contributed by atoms with Crippen LogP contribution in [0, 0.1) is 0 Å². The summed E-state index contributed by atoms with van der Waals surface area (Å²) < 4.78 is 6.40. The second kappa shape index (κ2) is 7.04. The van der Waals surface area contributed by atoms with Crippen molar-refractivity contribution in [2.75, 3.05) is 26.7 Å². The van der Waals surface area contributed by atoms with Crippen molar-refractivity contribution >= 4 is 27.5 Å². The third-order valence-corrected chi connectivity index (χ3v) is 4.95. The molecule has 106 valence electrons. The molecular weight excluding hydrogens is 328 g/mol. The Hall–Kier alpha value is -0.130. The van der Waals surface area contributed by atoms with Crippen LogP contribution in [0.4, 0.5) is 0 Å². The minimum absolute atomic E-state index is 0.228. The van der Waals surface area contributed by atoms with Crippen LogP contribution < -0.4 is 5.73 Å². The first kappa shape index (κ1) is 15.3. The number of ether oxygens (including phenoxy) is 1. The van der Waals surface area contributed by atoms with Crippen molar-refractivity contribution in [1.82, 2.24) is 4.90 Å². The fourth-order valence-electron chi connectivity index (χ4n) is 2.66. The van der Waals surface area contributed by atoms with Crippen LogP contribution in [0.3, 0.4) is 0 Å². The average molecular weight is 348 g/mol. The molecule has 0 aromatic heterocycles. The molecule has 0 spiro atoms. The molecule has 3 nitrogen and oxygen atoms in total. The molecule has 1 aromatic rings. The number of piperidine rings is 1. The topological polar surface area (TPSA) is 38.5 Å². The molecular formula is C14H20BrClN2O. The van der Waals surface area contributed by atoms with Crippen molar-refractivity contribution in [3.8, 4) is 0 Å². The number of rotatable bonds is 4. The fraction of sp³-hybridized carbons (Fsp3) is 0.571. The van der Waals surface area contributed by atoms with Crippen LogP contribution in [0.1, 0.15) is 24.4 Å². The van der Waals surface area contributed by atoms with Crippen LogP contribution in [0.25, 0.3) is 0 Å². The molecule has 1 aromatic carbocycles. The number of hydrogen-bond donors (Lipinski definition) is 1. The summed E-state index contributed by atoms with van der Waals surface area (Å²) in [5.74, 6) is 0. The van der Waals surface area contributed by atoms with E-state index in [9.17, 15) is 0 Å². The van der Waals surface area contributed by atoms with Crippen molar-refractivity contribution in [3.05, 3.63) is 33.3 Å². The zero-order valence-electron chi connectivity index (χ0n) is 11.1. The van der Waals surface area contributed by atoms with Gasteiger partial charge in [-0.1, -0.05) is 17.7 Å². The molecule has 1 fully saturated rings. The summed E-state index contributed by atoms with van der Waals surface area (Å²) in [6.45, 7) is 2.62. The summed E-state index contributed by atoms with van der Waals surface area (Å²) in [5, 5.41) is 0.730. The fourth-order valence-corrected chi connectivity index (χ4v) is 3.17. The molecule has 0 radical (unpaired) electrons. The number of nitrogens with two attached hydrogens (primary N) is 1. The minimum Gasteiger partial charge on any atom is -0.380 e. The molecule has 0 saturated carbocycles. The van der Waals surface area contributed by atoms with E-state index < -0.39 is 0 Å². The van der Waals surface area contributed by atoms with Gasteiger partial charge in [0.25, 0.3) is 0 Å². The molecule has 19 heavy (non-hydrogen) atoms. The van der Waals surface area contributed by atoms with Gasteiger partial charge in [-0.05, 0) is 53.0 Å². The highest BCUT2D eigenvalue weighted by Gasteiger charge is 2.26. The Morgan fingerprint density at radius 3 is 3.00 bits per heavy atom. The molecule has 0 amide bonds. The molecule has 1 saturated heterocycles. The number of methoxy groups -OCH3 is 1. The number of nitrogens with zero attached hydrogens (tertiary/aromatic N) is 1. The molecule has 0 aliphatic carbocycles. The Labute approximate surface area is 128 Å². The lowest BCUT2D eigenvalue weighted by atomic mass is 10.0. The largest absolute Gasteiger partial charge is 0.380 e. The van der Waals surface area contributed by atoms with E-state index in [1.54, 1.807) is 7.11 Å². The minimum atomic E-state index is 0.228. The first-order chi connectivity index (χ1) is 9.15. The molecule has 2 rings (SSSR count). The van der Waals surface area contributed by atoms with Crippen LogP contribution >= 0.6 is 27.5 Å². The van der Waals surface area contributed by atoms with Gasteiger partial charge in [0.2, 0.25) is 0 Å². The van der Waals surface area contributed by atoms with Gasteiger partial charge >= 0.3 is 0 Å². The van der Waals surface area contributed by atoms with Crippen LogP contribution in [0.15, 0.2) is 22.7 Å². The maximum absolute atomic E-state index is 6.05. The summed E-state index contributed by atoms with van der Waals surface area (Å²) in [6, 6.07) is 6.27. The van der Waals surface area contributed by atoms with E-state index in [0.29, 0.717) is 12.6 Å². The SMILES string of the molecule is COC1CCCN(C(CN)c2ccc(Cl)c(Br)c2)C1. The van der Waals surface area contributed by atoms with Gasteiger partial charge in [-0.2, -0.15) is 0 Å². The normalized spacial score (nSPS) is 22.4. The second-order valence-electron chi connectivity index (χ2n) is 4.92. The third-order valence-electron chi connectivity index (χ3n) is 3.74. The lowest BCUT2D eigenvalue weighted by Gasteiger charge is -2.37. The second-order valence-corrected chi connectivity index (χ2v) is 6.18. The van der Waals surface area contributed by atoms with Gasteiger partial charge in [0, 0.05) is 30.7 Å². The van der Waals surface area contributed by atoms with E-state index in [1.807, 2.05) is 6.07 Å². The van der Waals surface area contributed by atoms with Gasteiger partial charge < -0.3 is 10.5 Å². The molecule has 2 atom stereocenters. The average Bonchev–Trinajstić information content (AvgIpc) is 2.44. The zero-order valence-corrected chi connectivity index (χ0v) is 13.5. The van der Waals surface area contributed by atoms with Gasteiger partial charge in [-0.25, -0.2) is 0 Å². The summed E-state index contributed by atoms with van der Waals surface area (Å²) in [5.41, 5.74) is 7.18. The Balaban J connectivity index is 2.16. The Bertz CT molecular complexity index is 430. The first-order valence-corrected chi connectivity index (χ1v) is 7.74. The van der Waals surface area contributed by atoms with Crippen LogP contribution in [0.5, 0.6) is 0 Å². The van der Waals surface area contributed by atoms with Crippen molar-refractivity contribution in [2.45, 2.75) is 25.0 Å². The molecule has 2 N–H and O–H groups in total. The van der Waals surface area contributed by atoms with Crippen LogP contribution in [0.2, 0.25) is 5.02 Å². The highest BCUT2D eigenvalue weighted by Crippen LogP contribution is 2.30. The first-order valence-electron chi connectivity index (χ1n) is 6.57. The summed E-state index contributed by atoms with van der Waals surface area (Å²) in [4.78, 5) is 2.41. The zero-order chi connectivity index (χ0) is 13.8. The molecule has 1 aliphatic rings. The molecule has 1 aliphatic heterocycles. The summed E-state index contributed by atoms with van der Waals surface area (Å²) in [6.07, 6.45) is 2.61. The molecule has 1 heterocycles. The number of likely N-dealkylation sites (tertiary alicyclic amines) is 1. The van der Waals surface area contributed by atoms with Gasteiger partial charge in [0.15, 0.2) is 0 Å². The maximum Gasteiger partial charge on any atom is 0.0698 e. The van der Waals surface area contributed by atoms with E-state index in [-0.39, 0.29) is 6.04 Å². The summed E-state index contributed by atoms with van der Waals surface area (Å²) >= 11 is 9.53. The predicted molar refractivity (Wildman–Crippen MR) is 82.6 cm³/mol. The molecule has 2 unspecified atom stereocenters. The van der Waals surface area contributed by atoms with E-state index in [4.69, 9.17) is 22.1 Å². The lowest BCUT2D eigenvalue weighted by Crippen LogP contribution is -2.43. The van der Waals surface area contributed by atoms with Crippen molar-refractivity contribution < 1.29 is 4.74 Å². The molecule has 0 bridgehead atoms. The smallest absolute Gasteiger partial charge is 0.0698 e. The predicted octanol–water partition coefficient (Wildman–Crippen LogP) is 3.21. The van der Waals surface area contributed by atoms with Gasteiger partial charge in [-0.3, -0.25) is 4.90 Å². The highest BCUT2D eigenvalue weighted by molar-refractivity contribution is 9.10. The quantitative estimate of drug-likeness (QED) is 0.909.